The highest BCUT2D eigenvalue weighted by Gasteiger charge is 2.29. The first kappa shape index (κ1) is 12.2. The molecule has 0 spiro atoms. The second-order valence-electron chi connectivity index (χ2n) is 3.84. The fraction of sp³-hybridized carbons (Fsp3) is 0.364. The van der Waals surface area contributed by atoms with Gasteiger partial charge < -0.3 is 0 Å². The van der Waals surface area contributed by atoms with Crippen LogP contribution in [0.5, 0.6) is 0 Å². The normalized spacial score (nSPS) is 11.2. The molecule has 0 bridgehead atoms. The lowest BCUT2D eigenvalue weighted by Crippen LogP contribution is -2.45. The van der Waals surface area contributed by atoms with Crippen LogP contribution >= 0.6 is 15.9 Å². The van der Waals surface area contributed by atoms with Crippen molar-refractivity contribution >= 4 is 21.8 Å². The summed E-state index contributed by atoms with van der Waals surface area (Å²) in [7, 11) is 1.68. The Morgan fingerprint density at radius 2 is 2.07 bits per heavy atom. The second-order valence-corrected chi connectivity index (χ2v) is 4.76. The van der Waals surface area contributed by atoms with Crippen LogP contribution in [0.15, 0.2) is 28.7 Å². The first-order valence-corrected chi connectivity index (χ1v) is 5.51. The number of carbonyl (C=O) groups is 1. The largest absolute Gasteiger partial charge is 0.291 e. The van der Waals surface area contributed by atoms with Gasteiger partial charge in [-0.3, -0.25) is 10.2 Å². The molecule has 0 aliphatic heterocycles. The maximum atomic E-state index is 11.8. The quantitative estimate of drug-likeness (QED) is 0.825. The number of hydrogen-bond acceptors (Lipinski definition) is 2. The van der Waals surface area contributed by atoms with Gasteiger partial charge in [0.2, 0.25) is 5.91 Å². The molecule has 3 nitrogen and oxygen atoms in total. The van der Waals surface area contributed by atoms with Crippen molar-refractivity contribution in [3.05, 3.63) is 34.3 Å². The van der Waals surface area contributed by atoms with Crippen LogP contribution in [0.2, 0.25) is 0 Å². The van der Waals surface area contributed by atoms with Crippen LogP contribution in [0, 0.1) is 0 Å². The molecule has 1 aromatic rings. The van der Waals surface area contributed by atoms with Crippen molar-refractivity contribution in [2.24, 2.45) is 0 Å². The number of halogens is 1. The minimum absolute atomic E-state index is 0.0527. The molecule has 0 aliphatic carbocycles. The van der Waals surface area contributed by atoms with E-state index in [2.05, 4.69) is 26.8 Å². The summed E-state index contributed by atoms with van der Waals surface area (Å²) >= 11 is 3.40. The van der Waals surface area contributed by atoms with Crippen LogP contribution in [0.4, 0.5) is 0 Å². The predicted molar refractivity (Wildman–Crippen MR) is 64.4 cm³/mol. The van der Waals surface area contributed by atoms with E-state index in [-0.39, 0.29) is 5.91 Å². The van der Waals surface area contributed by atoms with E-state index in [0.29, 0.717) is 0 Å². The number of amides is 1. The molecule has 2 N–H and O–H groups in total. The Kier molecular flexibility index (Phi) is 3.88. The molecule has 0 radical (unpaired) electrons. The van der Waals surface area contributed by atoms with E-state index in [1.54, 1.807) is 7.05 Å². The van der Waals surface area contributed by atoms with Crippen LogP contribution in [0.3, 0.4) is 0 Å². The van der Waals surface area contributed by atoms with Crippen molar-refractivity contribution < 1.29 is 4.79 Å². The number of nitrogens with one attached hydrogen (secondary N) is 2. The van der Waals surface area contributed by atoms with Crippen molar-refractivity contribution in [3.63, 3.8) is 0 Å². The summed E-state index contributed by atoms with van der Waals surface area (Å²) in [6, 6.07) is 7.76. The Bertz CT molecular complexity index is 363. The van der Waals surface area contributed by atoms with E-state index < -0.39 is 5.41 Å². The fourth-order valence-electron chi connectivity index (χ4n) is 1.28. The van der Waals surface area contributed by atoms with E-state index in [9.17, 15) is 4.79 Å². The lowest BCUT2D eigenvalue weighted by Gasteiger charge is -2.23. The highest BCUT2D eigenvalue weighted by Crippen LogP contribution is 2.25. The number of rotatable bonds is 3. The maximum Gasteiger partial charge on any atom is 0.244 e. The van der Waals surface area contributed by atoms with Gasteiger partial charge in [0.25, 0.3) is 0 Å². The molecule has 15 heavy (non-hydrogen) atoms. The molecule has 4 heteroatoms. The molecule has 0 saturated carbocycles. The molecule has 0 aromatic heterocycles. The van der Waals surface area contributed by atoms with Gasteiger partial charge in [0.1, 0.15) is 0 Å². The summed E-state index contributed by atoms with van der Waals surface area (Å²) in [4.78, 5) is 11.8. The zero-order valence-corrected chi connectivity index (χ0v) is 10.7. The van der Waals surface area contributed by atoms with E-state index in [0.717, 1.165) is 10.0 Å². The van der Waals surface area contributed by atoms with Crippen LogP contribution in [0.25, 0.3) is 0 Å². The van der Waals surface area contributed by atoms with Crippen LogP contribution in [-0.2, 0) is 10.2 Å². The third kappa shape index (κ3) is 2.79. The topological polar surface area (TPSA) is 41.1 Å². The van der Waals surface area contributed by atoms with Gasteiger partial charge in [0.15, 0.2) is 0 Å². The van der Waals surface area contributed by atoms with E-state index in [1.165, 1.54) is 0 Å². The van der Waals surface area contributed by atoms with E-state index in [1.807, 2.05) is 38.1 Å². The van der Waals surface area contributed by atoms with Crippen molar-refractivity contribution in [2.75, 3.05) is 7.05 Å². The fourth-order valence-corrected chi connectivity index (χ4v) is 1.68. The van der Waals surface area contributed by atoms with Gasteiger partial charge in [-0.1, -0.05) is 28.1 Å². The van der Waals surface area contributed by atoms with Crippen molar-refractivity contribution in [3.8, 4) is 0 Å². The molecular formula is C11H15BrN2O. The molecule has 0 fully saturated rings. The Morgan fingerprint density at radius 1 is 1.40 bits per heavy atom. The lowest BCUT2D eigenvalue weighted by molar-refractivity contribution is -0.126. The molecule has 82 valence electrons. The summed E-state index contributed by atoms with van der Waals surface area (Å²) in [5.74, 6) is -0.0527. The molecular weight excluding hydrogens is 256 g/mol. The van der Waals surface area contributed by atoms with E-state index >= 15 is 0 Å². The predicted octanol–water partition coefficient (Wildman–Crippen LogP) is 1.98. The maximum absolute atomic E-state index is 11.8. The summed E-state index contributed by atoms with van der Waals surface area (Å²) in [6.07, 6.45) is 0. The van der Waals surface area contributed by atoms with Crippen molar-refractivity contribution in [1.82, 2.24) is 10.9 Å². The van der Waals surface area contributed by atoms with Crippen molar-refractivity contribution in [2.45, 2.75) is 19.3 Å². The average molecular weight is 271 g/mol. The molecule has 0 aliphatic rings. The van der Waals surface area contributed by atoms with E-state index in [4.69, 9.17) is 0 Å². The summed E-state index contributed by atoms with van der Waals surface area (Å²) < 4.78 is 0.977. The molecule has 1 rings (SSSR count). The summed E-state index contributed by atoms with van der Waals surface area (Å²) in [5, 5.41) is 0. The van der Waals surface area contributed by atoms with Crippen molar-refractivity contribution in [1.29, 1.82) is 0 Å². The zero-order valence-electron chi connectivity index (χ0n) is 9.10. The monoisotopic (exact) mass is 270 g/mol. The molecule has 0 atom stereocenters. The highest BCUT2D eigenvalue weighted by atomic mass is 79.9. The van der Waals surface area contributed by atoms with Crippen LogP contribution in [-0.4, -0.2) is 13.0 Å². The molecule has 0 saturated heterocycles. The first-order valence-electron chi connectivity index (χ1n) is 4.71. The van der Waals surface area contributed by atoms with Gasteiger partial charge in [-0.15, -0.1) is 0 Å². The lowest BCUT2D eigenvalue weighted by atomic mass is 9.84. The van der Waals surface area contributed by atoms with Gasteiger partial charge in [-0.2, -0.15) is 0 Å². The van der Waals surface area contributed by atoms with Gasteiger partial charge >= 0.3 is 0 Å². The van der Waals surface area contributed by atoms with Gasteiger partial charge in [-0.05, 0) is 31.5 Å². The third-order valence-electron chi connectivity index (χ3n) is 2.35. The standard InChI is InChI=1S/C11H15BrN2O/c1-11(2,10(15)14-13-3)8-5-4-6-9(12)7-8/h4-7,13H,1-3H3,(H,14,15). The first-order chi connectivity index (χ1) is 6.98. The number of hydrazine groups is 1. The minimum atomic E-state index is -0.549. The van der Waals surface area contributed by atoms with Gasteiger partial charge in [-0.25, -0.2) is 5.43 Å². The molecule has 1 amide bonds. The minimum Gasteiger partial charge on any atom is -0.291 e. The Morgan fingerprint density at radius 3 is 2.60 bits per heavy atom. The summed E-state index contributed by atoms with van der Waals surface area (Å²) in [5.41, 5.74) is 5.67. The van der Waals surface area contributed by atoms with Gasteiger partial charge in [0.05, 0.1) is 5.41 Å². The number of benzene rings is 1. The molecule has 1 aromatic carbocycles. The number of hydrogen-bond donors (Lipinski definition) is 2. The second kappa shape index (κ2) is 4.77. The molecule has 0 heterocycles. The Labute approximate surface area is 98.4 Å². The zero-order chi connectivity index (χ0) is 11.5. The third-order valence-corrected chi connectivity index (χ3v) is 2.85. The van der Waals surface area contributed by atoms with Crippen LogP contribution in [0.1, 0.15) is 19.4 Å². The Hall–Kier alpha value is -0.870. The average Bonchev–Trinajstić information content (AvgIpc) is 2.18. The van der Waals surface area contributed by atoms with Gasteiger partial charge in [0, 0.05) is 11.5 Å². The highest BCUT2D eigenvalue weighted by molar-refractivity contribution is 9.10. The molecule has 0 unspecified atom stereocenters. The smallest absolute Gasteiger partial charge is 0.244 e. The SMILES string of the molecule is CNNC(=O)C(C)(C)c1cccc(Br)c1. The summed E-state index contributed by atoms with van der Waals surface area (Å²) in [6.45, 7) is 3.78. The Balaban J connectivity index is 2.99. The van der Waals surface area contributed by atoms with Crippen LogP contribution < -0.4 is 10.9 Å². The number of carbonyl (C=O) groups excluding carboxylic acids is 1.